The van der Waals surface area contributed by atoms with E-state index >= 15 is 0 Å². The van der Waals surface area contributed by atoms with E-state index < -0.39 is 56.4 Å². The maximum absolute atomic E-state index is 13.0. The van der Waals surface area contributed by atoms with Gasteiger partial charge in [-0.25, -0.2) is 22.9 Å². The molecule has 0 saturated heterocycles. The Morgan fingerprint density at radius 2 is 1.57 bits per heavy atom. The van der Waals surface area contributed by atoms with Crippen LogP contribution in [0.3, 0.4) is 0 Å². The van der Waals surface area contributed by atoms with Crippen LogP contribution in [0.1, 0.15) is 11.3 Å². The van der Waals surface area contributed by atoms with Crippen LogP contribution < -0.4 is 37.0 Å². The topological polar surface area (TPSA) is 273 Å². The summed E-state index contributed by atoms with van der Waals surface area (Å²) in [6.07, 6.45) is 2.79. The summed E-state index contributed by atoms with van der Waals surface area (Å²) in [5.41, 5.74) is 11.8. The summed E-state index contributed by atoms with van der Waals surface area (Å²) in [6.45, 7) is 1.12. The van der Waals surface area contributed by atoms with Gasteiger partial charge in [-0.15, -0.1) is 5.10 Å². The van der Waals surface area contributed by atoms with Crippen molar-refractivity contribution in [2.45, 2.75) is 29.2 Å². The number of imidazole rings is 1. The third-order valence-electron chi connectivity index (χ3n) is 5.33. The Kier molecular flexibility index (Phi) is 10.0. The summed E-state index contributed by atoms with van der Waals surface area (Å²) in [5, 5.41) is 10.4. The minimum atomic E-state index is -4.18. The molecule has 0 spiro atoms. The Morgan fingerprint density at radius 1 is 0.952 bits per heavy atom. The van der Waals surface area contributed by atoms with Gasteiger partial charge in [0.15, 0.2) is 0 Å². The number of sulfonamides is 2. The zero-order chi connectivity index (χ0) is 30.9. The van der Waals surface area contributed by atoms with Crippen molar-refractivity contribution in [3.63, 3.8) is 0 Å². The number of benzene rings is 2. The lowest BCUT2D eigenvalue weighted by Crippen LogP contribution is -2.50. The van der Waals surface area contributed by atoms with Gasteiger partial charge in [0.25, 0.3) is 20.0 Å². The molecule has 224 valence electrons. The van der Waals surface area contributed by atoms with Gasteiger partial charge < -0.3 is 32.4 Å². The quantitative estimate of drug-likeness (QED) is 0.0662. The molecular formula is C23H28N10O7S2. The second-order valence-electron chi connectivity index (χ2n) is 8.65. The van der Waals surface area contributed by atoms with Gasteiger partial charge >= 0.3 is 6.03 Å². The number of guanidine groups is 1. The monoisotopic (exact) mass is 620 g/mol. The van der Waals surface area contributed by atoms with Crippen LogP contribution in [0.2, 0.25) is 0 Å². The number of amides is 4. The minimum Gasteiger partial charge on any atom is -0.369 e. The van der Waals surface area contributed by atoms with Gasteiger partial charge in [-0.3, -0.25) is 9.59 Å². The number of aromatic nitrogens is 2. The first-order chi connectivity index (χ1) is 19.7. The van der Waals surface area contributed by atoms with Gasteiger partial charge in [0.1, 0.15) is 6.04 Å². The number of nitrogens with zero attached hydrogens (tertiary/aromatic N) is 2. The number of carbonyl (C=O) groups excluding carboxylic acids is 3. The van der Waals surface area contributed by atoms with Crippen molar-refractivity contribution in [1.29, 1.82) is 0 Å². The van der Waals surface area contributed by atoms with Gasteiger partial charge in [-0.1, -0.05) is 17.7 Å². The highest BCUT2D eigenvalue weighted by Gasteiger charge is 2.24. The number of hydrogen-bond acceptors (Lipinski definition) is 9. The number of hydrogen-bond donors (Lipinski definition) is 8. The average Bonchev–Trinajstić information content (AvgIpc) is 3.44. The number of aromatic amines is 1. The fraction of sp³-hybridized carbons (Fsp3) is 0.174. The van der Waals surface area contributed by atoms with Gasteiger partial charge in [-0.2, -0.15) is 13.2 Å². The van der Waals surface area contributed by atoms with Crippen molar-refractivity contribution in [1.82, 2.24) is 30.2 Å². The summed E-state index contributed by atoms with van der Waals surface area (Å²) in [4.78, 5) is 45.9. The zero-order valence-electron chi connectivity index (χ0n) is 22.0. The first-order valence-electron chi connectivity index (χ1n) is 11.9. The number of rotatable bonds is 12. The second kappa shape index (κ2) is 13.5. The van der Waals surface area contributed by atoms with E-state index in [1.54, 1.807) is 23.8 Å². The highest BCUT2D eigenvalue weighted by Crippen LogP contribution is 2.15. The molecule has 4 amide bonds. The van der Waals surface area contributed by atoms with Crippen LogP contribution >= 0.6 is 0 Å². The lowest BCUT2D eigenvalue weighted by atomic mass is 10.1. The van der Waals surface area contributed by atoms with E-state index in [4.69, 9.17) is 11.5 Å². The lowest BCUT2D eigenvalue weighted by Gasteiger charge is -2.18. The molecule has 0 bridgehead atoms. The molecule has 0 radical (unpaired) electrons. The van der Waals surface area contributed by atoms with Crippen LogP contribution in [0.15, 0.2) is 75.9 Å². The maximum atomic E-state index is 13.0. The van der Waals surface area contributed by atoms with Gasteiger partial charge in [0.05, 0.1) is 22.7 Å². The number of hydrazone groups is 1. The molecule has 17 nitrogen and oxygen atoms in total. The average molecular weight is 621 g/mol. The summed E-state index contributed by atoms with van der Waals surface area (Å²) in [6, 6.07) is 8.44. The van der Waals surface area contributed by atoms with Crippen molar-refractivity contribution in [2.24, 2.45) is 16.6 Å². The predicted molar refractivity (Wildman–Crippen MR) is 150 cm³/mol. The lowest BCUT2D eigenvalue weighted by molar-refractivity contribution is -0.125. The molecule has 0 aliphatic heterocycles. The largest absolute Gasteiger partial charge is 0.369 e. The Bertz CT molecular complexity index is 1650. The third-order valence-corrected chi connectivity index (χ3v) is 7.90. The van der Waals surface area contributed by atoms with Crippen molar-refractivity contribution in [3.8, 4) is 0 Å². The number of H-pyrrole nitrogens is 1. The highest BCUT2D eigenvalue weighted by atomic mass is 32.2. The summed E-state index contributed by atoms with van der Waals surface area (Å²) < 4.78 is 50.9. The molecule has 1 heterocycles. The molecule has 1 atom stereocenters. The molecule has 0 saturated carbocycles. The summed E-state index contributed by atoms with van der Waals surface area (Å²) >= 11 is 0. The Hall–Kier alpha value is -5.17. The van der Waals surface area contributed by atoms with E-state index in [1.807, 2.05) is 4.83 Å². The fourth-order valence-corrected chi connectivity index (χ4v) is 5.03. The first kappa shape index (κ1) is 31.4. The molecule has 0 aliphatic rings. The van der Waals surface area contributed by atoms with Crippen molar-refractivity contribution < 1.29 is 31.2 Å². The van der Waals surface area contributed by atoms with E-state index in [2.05, 4.69) is 31.0 Å². The molecule has 19 heteroatoms. The molecule has 0 unspecified atom stereocenters. The fourth-order valence-electron chi connectivity index (χ4n) is 3.28. The Morgan fingerprint density at radius 3 is 2.17 bits per heavy atom. The summed E-state index contributed by atoms with van der Waals surface area (Å²) in [5.74, 6) is -1.97. The van der Waals surface area contributed by atoms with Crippen molar-refractivity contribution in [2.75, 3.05) is 11.9 Å². The summed E-state index contributed by atoms with van der Waals surface area (Å²) in [7, 11) is -8.24. The minimum absolute atomic E-state index is 0.0273. The van der Waals surface area contributed by atoms with E-state index in [1.165, 1.54) is 48.9 Å². The van der Waals surface area contributed by atoms with Crippen LogP contribution in [-0.2, 0) is 36.1 Å². The molecule has 42 heavy (non-hydrogen) atoms. The molecule has 3 rings (SSSR count). The van der Waals surface area contributed by atoms with E-state index in [0.717, 1.165) is 5.56 Å². The van der Waals surface area contributed by atoms with Crippen LogP contribution in [0, 0.1) is 6.92 Å². The zero-order valence-corrected chi connectivity index (χ0v) is 23.6. The number of aryl methyl sites for hydroxylation is 1. The van der Waals surface area contributed by atoms with Crippen LogP contribution in [-0.4, -0.2) is 63.2 Å². The second-order valence-corrected chi connectivity index (χ2v) is 12.0. The van der Waals surface area contributed by atoms with Crippen LogP contribution in [0.5, 0.6) is 0 Å². The number of urea groups is 1. The number of carbonyl (C=O) groups is 3. The third kappa shape index (κ3) is 9.20. The van der Waals surface area contributed by atoms with Crippen LogP contribution in [0.25, 0.3) is 0 Å². The predicted octanol–water partition coefficient (Wildman–Crippen LogP) is -1.46. The maximum Gasteiger partial charge on any atom is 0.329 e. The van der Waals surface area contributed by atoms with E-state index in [-0.39, 0.29) is 21.9 Å². The van der Waals surface area contributed by atoms with Crippen LogP contribution in [0.4, 0.5) is 10.5 Å². The normalized spacial score (nSPS) is 11.9. The molecule has 2 aromatic carbocycles. The number of nitrogens with one attached hydrogen (secondary N) is 6. The Labute approximate surface area is 240 Å². The molecule has 10 N–H and O–H groups in total. The molecule has 1 aromatic heterocycles. The Balaban J connectivity index is 1.62. The molecule has 3 aromatic rings. The first-order valence-corrected chi connectivity index (χ1v) is 14.9. The van der Waals surface area contributed by atoms with Gasteiger partial charge in [-0.05, 0) is 43.3 Å². The standard InChI is InChI=1S/C23H28N10O7S2/c1-14-2-6-17(7-3-14)41(37,38)32-23(36)27-12-20(34)30-19(10-16-11-26-13-28-16)21(35)29-15-4-8-18(9-5-15)42(39,40)33-31-22(24)25/h2-9,11,13,19,33H,10,12H2,1H3,(H,26,28)(H,29,35)(H,30,34)(H4,24,25,31)(H2,27,32,36)/t19-/m0/s1. The smallest absolute Gasteiger partial charge is 0.329 e. The van der Waals surface area contributed by atoms with Crippen molar-refractivity contribution in [3.05, 3.63) is 72.3 Å². The van der Waals surface area contributed by atoms with Gasteiger partial charge in [0.2, 0.25) is 17.8 Å². The molecule has 0 aliphatic carbocycles. The van der Waals surface area contributed by atoms with E-state index in [0.29, 0.717) is 5.69 Å². The van der Waals surface area contributed by atoms with Crippen molar-refractivity contribution >= 4 is 49.5 Å². The SMILES string of the molecule is Cc1ccc(S(=O)(=O)NC(=O)NCC(=O)N[C@@H](Cc2cnc[nH]2)C(=O)Nc2ccc(S(=O)(=O)NN=C(N)N)cc2)cc1. The highest BCUT2D eigenvalue weighted by molar-refractivity contribution is 7.90. The van der Waals surface area contributed by atoms with E-state index in [9.17, 15) is 31.2 Å². The van der Waals surface area contributed by atoms with Gasteiger partial charge in [0, 0.05) is 24.0 Å². The number of anilines is 1. The molecular weight excluding hydrogens is 592 g/mol. The number of nitrogens with two attached hydrogens (primary N) is 2. The molecule has 0 fully saturated rings.